The minimum atomic E-state index is -0.913. The summed E-state index contributed by atoms with van der Waals surface area (Å²) in [5.74, 6) is -0.343. The van der Waals surface area contributed by atoms with Gasteiger partial charge in [0.15, 0.2) is 0 Å². The van der Waals surface area contributed by atoms with Gasteiger partial charge in [-0.25, -0.2) is 9.78 Å². The van der Waals surface area contributed by atoms with E-state index >= 15 is 0 Å². The van der Waals surface area contributed by atoms with E-state index in [1.807, 2.05) is 24.3 Å². The summed E-state index contributed by atoms with van der Waals surface area (Å²) in [7, 11) is 1.58. The van der Waals surface area contributed by atoms with Crippen molar-refractivity contribution in [3.63, 3.8) is 0 Å². The molecular weight excluding hydrogens is 282 g/mol. The number of aliphatic carboxylic acids is 1. The molecule has 6 nitrogen and oxygen atoms in total. The number of methoxy groups -OCH3 is 1. The lowest BCUT2D eigenvalue weighted by atomic mass is 10.1. The molecule has 0 amide bonds. The molecule has 0 spiro atoms. The Balaban J connectivity index is 1.98. The first-order chi connectivity index (χ1) is 10.6. The Bertz CT molecular complexity index is 842. The van der Waals surface area contributed by atoms with Crippen LogP contribution in [0.5, 0.6) is 5.88 Å². The molecular formula is C16H15N3O3. The van der Waals surface area contributed by atoms with Crippen LogP contribution < -0.4 is 4.74 Å². The number of aromatic nitrogens is 3. The van der Waals surface area contributed by atoms with Gasteiger partial charge in [-0.3, -0.25) is 4.68 Å². The van der Waals surface area contributed by atoms with Gasteiger partial charge in [0.2, 0.25) is 5.88 Å². The second kappa shape index (κ2) is 5.48. The average molecular weight is 297 g/mol. The van der Waals surface area contributed by atoms with E-state index in [-0.39, 0.29) is 0 Å². The lowest BCUT2D eigenvalue weighted by Crippen LogP contribution is -2.15. The van der Waals surface area contributed by atoms with Crippen LogP contribution in [-0.2, 0) is 4.79 Å². The molecule has 6 heteroatoms. The lowest BCUT2D eigenvalue weighted by molar-refractivity contribution is -0.140. The Morgan fingerprint density at radius 3 is 2.82 bits per heavy atom. The van der Waals surface area contributed by atoms with Gasteiger partial charge in [-0.2, -0.15) is 5.10 Å². The van der Waals surface area contributed by atoms with Crippen molar-refractivity contribution < 1.29 is 14.6 Å². The second-order valence-electron chi connectivity index (χ2n) is 4.96. The van der Waals surface area contributed by atoms with Crippen LogP contribution in [0.3, 0.4) is 0 Å². The van der Waals surface area contributed by atoms with Crippen molar-refractivity contribution in [2.75, 3.05) is 7.11 Å². The fourth-order valence-electron chi connectivity index (χ4n) is 2.20. The molecule has 3 aromatic rings. The Morgan fingerprint density at radius 2 is 2.09 bits per heavy atom. The predicted octanol–water partition coefficient (Wildman–Crippen LogP) is 2.75. The Kier molecular flexibility index (Phi) is 3.50. The van der Waals surface area contributed by atoms with Crippen LogP contribution in [0.15, 0.2) is 42.6 Å². The van der Waals surface area contributed by atoms with E-state index in [1.54, 1.807) is 32.4 Å². The molecule has 2 heterocycles. The molecule has 1 atom stereocenters. The smallest absolute Gasteiger partial charge is 0.328 e. The number of nitrogens with zero attached hydrogens (tertiary/aromatic N) is 3. The minimum Gasteiger partial charge on any atom is -0.481 e. The van der Waals surface area contributed by atoms with E-state index in [2.05, 4.69) is 10.1 Å². The number of benzene rings is 1. The largest absolute Gasteiger partial charge is 0.481 e. The van der Waals surface area contributed by atoms with Crippen LogP contribution in [-0.4, -0.2) is 33.0 Å². The zero-order chi connectivity index (χ0) is 15.7. The first-order valence-corrected chi connectivity index (χ1v) is 6.81. The average Bonchev–Trinajstić information content (AvgIpc) is 3.02. The highest BCUT2D eigenvalue weighted by Gasteiger charge is 2.14. The number of hydrogen-bond acceptors (Lipinski definition) is 4. The third-order valence-corrected chi connectivity index (χ3v) is 3.53. The number of rotatable bonds is 4. The van der Waals surface area contributed by atoms with Crippen molar-refractivity contribution in [2.45, 2.75) is 13.0 Å². The number of carboxylic acid groups (broad SMARTS) is 1. The van der Waals surface area contributed by atoms with Crippen molar-refractivity contribution in [2.24, 2.45) is 0 Å². The van der Waals surface area contributed by atoms with Gasteiger partial charge in [0, 0.05) is 23.2 Å². The quantitative estimate of drug-likeness (QED) is 0.801. The van der Waals surface area contributed by atoms with E-state index < -0.39 is 12.0 Å². The van der Waals surface area contributed by atoms with Gasteiger partial charge in [-0.05, 0) is 31.2 Å². The van der Waals surface area contributed by atoms with Gasteiger partial charge in [-0.1, -0.05) is 6.07 Å². The number of pyridine rings is 1. The lowest BCUT2D eigenvalue weighted by Gasteiger charge is -2.06. The molecule has 1 N–H and O–H groups in total. The van der Waals surface area contributed by atoms with E-state index in [0.717, 1.165) is 22.2 Å². The molecule has 0 fully saturated rings. The normalized spacial score (nSPS) is 12.3. The van der Waals surface area contributed by atoms with Gasteiger partial charge in [-0.15, -0.1) is 0 Å². The summed E-state index contributed by atoms with van der Waals surface area (Å²) >= 11 is 0. The van der Waals surface area contributed by atoms with Crippen molar-refractivity contribution in [1.29, 1.82) is 0 Å². The summed E-state index contributed by atoms with van der Waals surface area (Å²) in [6.07, 6.45) is 1.67. The van der Waals surface area contributed by atoms with Crippen LogP contribution >= 0.6 is 0 Å². The highest BCUT2D eigenvalue weighted by atomic mass is 16.5. The zero-order valence-corrected chi connectivity index (χ0v) is 12.2. The topological polar surface area (TPSA) is 77.2 Å². The molecule has 0 aliphatic rings. The standard InChI is InChI=1S/C16H15N3O3/c1-10(16(20)21)19-8-7-14(18-19)12-3-5-13-11(9-12)4-6-15(17-13)22-2/h3-10H,1-2H3,(H,20,21). The van der Waals surface area contributed by atoms with Gasteiger partial charge >= 0.3 is 5.97 Å². The minimum absolute atomic E-state index is 0.569. The number of hydrogen-bond donors (Lipinski definition) is 1. The Hall–Kier alpha value is -2.89. The monoisotopic (exact) mass is 297 g/mol. The first-order valence-electron chi connectivity index (χ1n) is 6.81. The summed E-state index contributed by atoms with van der Waals surface area (Å²) in [5, 5.41) is 14.3. The van der Waals surface area contributed by atoms with Crippen LogP contribution in [0.2, 0.25) is 0 Å². The molecule has 0 saturated carbocycles. The molecule has 0 bridgehead atoms. The summed E-state index contributed by atoms with van der Waals surface area (Å²) in [4.78, 5) is 15.4. The van der Waals surface area contributed by atoms with Crippen molar-refractivity contribution in [1.82, 2.24) is 14.8 Å². The molecule has 3 rings (SSSR count). The van der Waals surface area contributed by atoms with Crippen LogP contribution in [0.4, 0.5) is 0 Å². The van der Waals surface area contributed by atoms with E-state index in [4.69, 9.17) is 9.84 Å². The molecule has 0 aliphatic heterocycles. The highest BCUT2D eigenvalue weighted by molar-refractivity contribution is 5.84. The SMILES string of the molecule is COc1ccc2cc(-c3ccn(C(C)C(=O)O)n3)ccc2n1. The fraction of sp³-hybridized carbons (Fsp3) is 0.188. The number of fused-ring (bicyclic) bond motifs is 1. The molecule has 0 radical (unpaired) electrons. The van der Waals surface area contributed by atoms with E-state index in [9.17, 15) is 4.79 Å². The Labute approximate surface area is 127 Å². The summed E-state index contributed by atoms with van der Waals surface area (Å²) in [5.41, 5.74) is 2.48. The van der Waals surface area contributed by atoms with Crippen molar-refractivity contribution in [3.05, 3.63) is 42.6 Å². The summed E-state index contributed by atoms with van der Waals surface area (Å²) in [6, 6.07) is 10.6. The number of carboxylic acids is 1. The van der Waals surface area contributed by atoms with Gasteiger partial charge in [0.1, 0.15) is 6.04 Å². The van der Waals surface area contributed by atoms with Crippen LogP contribution in [0, 0.1) is 0 Å². The number of carbonyl (C=O) groups is 1. The predicted molar refractivity (Wildman–Crippen MR) is 81.9 cm³/mol. The van der Waals surface area contributed by atoms with Crippen LogP contribution in [0.1, 0.15) is 13.0 Å². The molecule has 0 aliphatic carbocycles. The van der Waals surface area contributed by atoms with Gasteiger partial charge in [0.25, 0.3) is 0 Å². The first kappa shape index (κ1) is 14.1. The molecule has 1 unspecified atom stereocenters. The van der Waals surface area contributed by atoms with Crippen molar-refractivity contribution in [3.8, 4) is 17.1 Å². The third-order valence-electron chi connectivity index (χ3n) is 3.53. The maximum absolute atomic E-state index is 11.0. The fourth-order valence-corrected chi connectivity index (χ4v) is 2.20. The second-order valence-corrected chi connectivity index (χ2v) is 4.96. The molecule has 22 heavy (non-hydrogen) atoms. The van der Waals surface area contributed by atoms with Crippen molar-refractivity contribution >= 4 is 16.9 Å². The van der Waals surface area contributed by atoms with Gasteiger partial charge < -0.3 is 9.84 Å². The maximum Gasteiger partial charge on any atom is 0.328 e. The maximum atomic E-state index is 11.0. The zero-order valence-electron chi connectivity index (χ0n) is 12.2. The molecule has 2 aromatic heterocycles. The Morgan fingerprint density at radius 1 is 1.27 bits per heavy atom. The summed E-state index contributed by atoms with van der Waals surface area (Å²) in [6.45, 7) is 1.59. The molecule has 1 aromatic carbocycles. The van der Waals surface area contributed by atoms with Crippen LogP contribution in [0.25, 0.3) is 22.2 Å². The third kappa shape index (κ3) is 2.50. The summed E-state index contributed by atoms with van der Waals surface area (Å²) < 4.78 is 6.55. The number of ether oxygens (including phenoxy) is 1. The van der Waals surface area contributed by atoms with Gasteiger partial charge in [0.05, 0.1) is 18.3 Å². The van der Waals surface area contributed by atoms with E-state index in [1.165, 1.54) is 4.68 Å². The molecule has 0 saturated heterocycles. The highest BCUT2D eigenvalue weighted by Crippen LogP contribution is 2.24. The molecule has 112 valence electrons. The van der Waals surface area contributed by atoms with E-state index in [0.29, 0.717) is 5.88 Å².